The summed E-state index contributed by atoms with van der Waals surface area (Å²) in [7, 11) is 0. The van der Waals surface area contributed by atoms with Gasteiger partial charge in [0.1, 0.15) is 16.6 Å². The van der Waals surface area contributed by atoms with Crippen molar-refractivity contribution in [2.24, 2.45) is 0 Å². The first-order chi connectivity index (χ1) is 8.90. The smallest absolute Gasteiger partial charge is 0.249 e. The van der Waals surface area contributed by atoms with E-state index in [1.165, 1.54) is 11.3 Å². The summed E-state index contributed by atoms with van der Waals surface area (Å²) in [6.45, 7) is 7.36. The summed E-state index contributed by atoms with van der Waals surface area (Å²) in [5.41, 5.74) is -0.810. The first-order valence-electron chi connectivity index (χ1n) is 6.45. The SMILES string of the molecule is CCC1(C)NC(=O)C(C)N(C(C)c2nccs2)C1=O. The predicted octanol–water partition coefficient (Wildman–Crippen LogP) is 1.72. The third-order valence-electron chi connectivity index (χ3n) is 3.84. The van der Waals surface area contributed by atoms with Gasteiger partial charge in [0.2, 0.25) is 11.8 Å². The molecule has 2 heterocycles. The van der Waals surface area contributed by atoms with Crippen molar-refractivity contribution in [1.82, 2.24) is 15.2 Å². The molecule has 0 aromatic carbocycles. The maximum Gasteiger partial charge on any atom is 0.249 e. The minimum absolute atomic E-state index is 0.0372. The van der Waals surface area contributed by atoms with E-state index in [0.29, 0.717) is 6.42 Å². The van der Waals surface area contributed by atoms with Crippen LogP contribution in [0, 0.1) is 0 Å². The monoisotopic (exact) mass is 281 g/mol. The number of nitrogens with one attached hydrogen (secondary N) is 1. The van der Waals surface area contributed by atoms with Crippen molar-refractivity contribution < 1.29 is 9.59 Å². The van der Waals surface area contributed by atoms with Crippen molar-refractivity contribution in [2.45, 2.75) is 51.7 Å². The molecule has 0 radical (unpaired) electrons. The van der Waals surface area contributed by atoms with Crippen LogP contribution in [0.3, 0.4) is 0 Å². The molecule has 1 N–H and O–H groups in total. The molecule has 0 bridgehead atoms. The number of aromatic nitrogens is 1. The van der Waals surface area contributed by atoms with Crippen LogP contribution in [0.25, 0.3) is 0 Å². The minimum Gasteiger partial charge on any atom is -0.340 e. The molecule has 1 saturated heterocycles. The third kappa shape index (κ3) is 2.25. The maximum atomic E-state index is 12.7. The van der Waals surface area contributed by atoms with Crippen LogP contribution < -0.4 is 5.32 Å². The molecule has 2 amide bonds. The summed E-state index contributed by atoms with van der Waals surface area (Å²) in [6, 6.07) is -0.648. The average Bonchev–Trinajstić information content (AvgIpc) is 2.90. The topological polar surface area (TPSA) is 62.3 Å². The second-order valence-electron chi connectivity index (χ2n) is 5.11. The van der Waals surface area contributed by atoms with Crippen LogP contribution in [-0.4, -0.2) is 33.3 Å². The van der Waals surface area contributed by atoms with Crippen LogP contribution in [0.2, 0.25) is 0 Å². The number of nitrogens with zero attached hydrogens (tertiary/aromatic N) is 2. The Morgan fingerprint density at radius 3 is 2.79 bits per heavy atom. The van der Waals surface area contributed by atoms with Crippen LogP contribution in [0.4, 0.5) is 0 Å². The quantitative estimate of drug-likeness (QED) is 0.917. The highest BCUT2D eigenvalue weighted by molar-refractivity contribution is 7.09. The second kappa shape index (κ2) is 4.92. The van der Waals surface area contributed by atoms with Gasteiger partial charge in [0.15, 0.2) is 0 Å². The van der Waals surface area contributed by atoms with E-state index in [1.54, 1.807) is 24.9 Å². The summed E-state index contributed by atoms with van der Waals surface area (Å²) in [5.74, 6) is -0.142. The lowest BCUT2D eigenvalue weighted by atomic mass is 9.91. The van der Waals surface area contributed by atoms with Crippen LogP contribution in [0.1, 0.15) is 45.2 Å². The molecule has 0 saturated carbocycles. The lowest BCUT2D eigenvalue weighted by Crippen LogP contribution is -2.68. The molecule has 6 heteroatoms. The Balaban J connectivity index is 2.36. The number of amides is 2. The minimum atomic E-state index is -0.810. The highest BCUT2D eigenvalue weighted by atomic mass is 32.1. The van der Waals surface area contributed by atoms with E-state index in [4.69, 9.17) is 0 Å². The highest BCUT2D eigenvalue weighted by Crippen LogP contribution is 2.30. The van der Waals surface area contributed by atoms with Gasteiger partial charge in [0.05, 0.1) is 6.04 Å². The normalized spacial score (nSPS) is 29.3. The summed E-state index contributed by atoms with van der Waals surface area (Å²) in [5, 5.41) is 5.56. The van der Waals surface area contributed by atoms with Gasteiger partial charge < -0.3 is 10.2 Å². The Bertz CT molecular complexity index is 488. The van der Waals surface area contributed by atoms with Crippen LogP contribution in [0.15, 0.2) is 11.6 Å². The van der Waals surface area contributed by atoms with Crippen molar-refractivity contribution in [3.05, 3.63) is 16.6 Å². The van der Waals surface area contributed by atoms with Gasteiger partial charge in [0.25, 0.3) is 0 Å². The first kappa shape index (κ1) is 14.0. The van der Waals surface area contributed by atoms with Gasteiger partial charge in [-0.15, -0.1) is 11.3 Å². The highest BCUT2D eigenvalue weighted by Gasteiger charge is 2.47. The Kier molecular flexibility index (Phi) is 3.62. The summed E-state index contributed by atoms with van der Waals surface area (Å²) in [6.07, 6.45) is 2.29. The van der Waals surface area contributed by atoms with Crippen LogP contribution in [-0.2, 0) is 9.59 Å². The van der Waals surface area contributed by atoms with Crippen molar-refractivity contribution in [3.8, 4) is 0 Å². The van der Waals surface area contributed by atoms with Gasteiger partial charge in [-0.05, 0) is 27.2 Å². The standard InChI is InChI=1S/C13H19N3O2S/c1-5-13(4)12(18)16(8(2)10(17)15-13)9(3)11-14-6-7-19-11/h6-9H,5H2,1-4H3,(H,15,17). The molecule has 1 aliphatic heterocycles. The maximum absolute atomic E-state index is 12.7. The number of hydrogen-bond donors (Lipinski definition) is 1. The van der Waals surface area contributed by atoms with Crippen molar-refractivity contribution in [1.29, 1.82) is 0 Å². The van der Waals surface area contributed by atoms with E-state index in [2.05, 4.69) is 10.3 Å². The molecule has 3 atom stereocenters. The molecule has 3 unspecified atom stereocenters. The Morgan fingerprint density at radius 1 is 1.58 bits per heavy atom. The van der Waals surface area contributed by atoms with Gasteiger partial charge in [-0.25, -0.2) is 4.98 Å². The van der Waals surface area contributed by atoms with Crippen molar-refractivity contribution in [2.75, 3.05) is 0 Å². The Hall–Kier alpha value is -1.43. The number of thiazole rings is 1. The van der Waals surface area contributed by atoms with E-state index >= 15 is 0 Å². The van der Waals surface area contributed by atoms with Gasteiger partial charge in [-0.3, -0.25) is 9.59 Å². The zero-order valence-electron chi connectivity index (χ0n) is 11.6. The van der Waals surface area contributed by atoms with E-state index in [-0.39, 0.29) is 17.9 Å². The molecular formula is C13H19N3O2S. The number of carbonyl (C=O) groups is 2. The Morgan fingerprint density at radius 2 is 2.26 bits per heavy atom. The van der Waals surface area contributed by atoms with E-state index in [9.17, 15) is 9.59 Å². The molecule has 19 heavy (non-hydrogen) atoms. The Labute approximate surface area is 117 Å². The fourth-order valence-electron chi connectivity index (χ4n) is 2.33. The summed E-state index contributed by atoms with van der Waals surface area (Å²) in [4.78, 5) is 30.6. The van der Waals surface area contributed by atoms with Gasteiger partial charge >= 0.3 is 0 Å². The first-order valence-corrected chi connectivity index (χ1v) is 7.33. The molecule has 104 valence electrons. The zero-order chi connectivity index (χ0) is 14.2. The average molecular weight is 281 g/mol. The zero-order valence-corrected chi connectivity index (χ0v) is 12.5. The molecule has 0 spiro atoms. The molecule has 1 aromatic rings. The molecule has 5 nitrogen and oxygen atoms in total. The fourth-order valence-corrected chi connectivity index (χ4v) is 3.02. The van der Waals surface area contributed by atoms with Gasteiger partial charge in [0, 0.05) is 11.6 Å². The molecule has 0 aliphatic carbocycles. The van der Waals surface area contributed by atoms with Crippen LogP contribution >= 0.6 is 11.3 Å². The largest absolute Gasteiger partial charge is 0.340 e. The molecule has 1 aliphatic rings. The lowest BCUT2D eigenvalue weighted by molar-refractivity contribution is -0.156. The van der Waals surface area contributed by atoms with Gasteiger partial charge in [-0.2, -0.15) is 0 Å². The predicted molar refractivity (Wildman–Crippen MR) is 73.7 cm³/mol. The fraction of sp³-hybridized carbons (Fsp3) is 0.615. The molecular weight excluding hydrogens is 262 g/mol. The molecule has 2 rings (SSSR count). The van der Waals surface area contributed by atoms with Crippen LogP contribution in [0.5, 0.6) is 0 Å². The number of piperazine rings is 1. The van der Waals surface area contributed by atoms with Crippen molar-refractivity contribution in [3.63, 3.8) is 0 Å². The van der Waals surface area contributed by atoms with E-state index in [0.717, 1.165) is 5.01 Å². The summed E-state index contributed by atoms with van der Waals surface area (Å²) >= 11 is 1.50. The number of carbonyl (C=O) groups excluding carboxylic acids is 2. The third-order valence-corrected chi connectivity index (χ3v) is 4.78. The lowest BCUT2D eigenvalue weighted by Gasteiger charge is -2.45. The molecule has 1 aromatic heterocycles. The number of hydrogen-bond acceptors (Lipinski definition) is 4. The molecule has 1 fully saturated rings. The number of rotatable bonds is 3. The summed E-state index contributed by atoms with van der Waals surface area (Å²) < 4.78 is 0. The van der Waals surface area contributed by atoms with E-state index < -0.39 is 11.6 Å². The second-order valence-corrected chi connectivity index (χ2v) is 6.04. The van der Waals surface area contributed by atoms with E-state index in [1.807, 2.05) is 19.2 Å². The van der Waals surface area contributed by atoms with Crippen molar-refractivity contribution >= 4 is 23.2 Å². The van der Waals surface area contributed by atoms with Gasteiger partial charge in [-0.1, -0.05) is 6.92 Å².